The van der Waals surface area contributed by atoms with Gasteiger partial charge in [-0.25, -0.2) is 4.79 Å². The van der Waals surface area contributed by atoms with Crippen molar-refractivity contribution in [3.05, 3.63) is 12.2 Å². The molecule has 0 unspecified atom stereocenters. The summed E-state index contributed by atoms with van der Waals surface area (Å²) in [6.07, 6.45) is -1.53. The fraction of sp³-hybridized carbons (Fsp3) is 0.500. The maximum absolute atomic E-state index is 10.6. The van der Waals surface area contributed by atoms with Crippen molar-refractivity contribution in [3.8, 4) is 0 Å². The number of halogens is 3. The Morgan fingerprint density at radius 1 is 1.44 bits per heavy atom. The third-order valence-electron chi connectivity index (χ3n) is 0.985. The van der Waals surface area contributed by atoms with E-state index in [4.69, 9.17) is 15.6 Å². The number of hydrogen-bond acceptors (Lipinski definition) is 4. The zero-order valence-corrected chi connectivity index (χ0v) is 8.45. The van der Waals surface area contributed by atoms with Crippen LogP contribution in [-0.2, 0) is 14.3 Å². The number of allylic oxidation sites excluding steroid dienone is 1. The Kier molecular flexibility index (Phi) is 9.18. The van der Waals surface area contributed by atoms with Gasteiger partial charge in [-0.3, -0.25) is 4.79 Å². The van der Waals surface area contributed by atoms with E-state index in [9.17, 15) is 18.0 Å². The molecule has 0 spiro atoms. The molecule has 94 valence electrons. The van der Waals surface area contributed by atoms with E-state index in [-0.39, 0.29) is 12.5 Å². The van der Waals surface area contributed by atoms with Crippen molar-refractivity contribution in [2.75, 3.05) is 13.2 Å². The molecule has 0 aliphatic carbocycles. The second-order valence-electron chi connectivity index (χ2n) is 2.26. The number of hydrogen-bond donors (Lipinski definition) is 2. The summed E-state index contributed by atoms with van der Waals surface area (Å²) in [7, 11) is 0. The lowest BCUT2D eigenvalue weighted by atomic mass is 10.5. The van der Waals surface area contributed by atoms with Gasteiger partial charge in [0.15, 0.2) is 0 Å². The van der Waals surface area contributed by atoms with Crippen LogP contribution in [0.15, 0.2) is 12.2 Å². The minimum atomic E-state index is -5.08. The summed E-state index contributed by atoms with van der Waals surface area (Å²) in [6, 6.07) is 0. The highest BCUT2D eigenvalue weighted by Crippen LogP contribution is 2.13. The van der Waals surface area contributed by atoms with Gasteiger partial charge in [0, 0.05) is 0 Å². The molecule has 5 nitrogen and oxygen atoms in total. The number of carbonyl (C=O) groups excluding carboxylic acids is 1. The van der Waals surface area contributed by atoms with Crippen LogP contribution in [0.25, 0.3) is 0 Å². The predicted octanol–water partition coefficient (Wildman–Crippen LogP) is 0.698. The maximum Gasteiger partial charge on any atom is 0.490 e. The molecule has 0 atom stereocenters. The van der Waals surface area contributed by atoms with E-state index in [1.807, 2.05) is 13.0 Å². The lowest BCUT2D eigenvalue weighted by molar-refractivity contribution is -0.192. The van der Waals surface area contributed by atoms with Crippen LogP contribution in [0.2, 0.25) is 0 Å². The summed E-state index contributed by atoms with van der Waals surface area (Å²) >= 11 is 0. The van der Waals surface area contributed by atoms with E-state index in [1.54, 1.807) is 6.08 Å². The number of carbonyl (C=O) groups is 2. The summed E-state index contributed by atoms with van der Waals surface area (Å²) in [5.74, 6) is -3.12. The molecule has 0 saturated heterocycles. The molecule has 3 N–H and O–H groups in total. The van der Waals surface area contributed by atoms with Gasteiger partial charge in [0.2, 0.25) is 0 Å². The number of nitrogens with two attached hydrogens (primary N) is 1. The average Bonchev–Trinajstić information content (AvgIpc) is 2.17. The van der Waals surface area contributed by atoms with Crippen molar-refractivity contribution >= 4 is 11.9 Å². The quantitative estimate of drug-likeness (QED) is 0.562. The topological polar surface area (TPSA) is 89.6 Å². The molecule has 0 aromatic carbocycles. The molecular weight excluding hydrogens is 231 g/mol. The standard InChI is InChI=1S/C6H11NO2.C2HF3O2/c1-2-3-4-9-6(8)5-7;3-2(4,5)1(6)7/h2-3H,4-5,7H2,1H3;(H,6,7). The molecule has 0 heterocycles. The van der Waals surface area contributed by atoms with E-state index in [0.29, 0.717) is 6.61 Å². The van der Waals surface area contributed by atoms with E-state index in [2.05, 4.69) is 4.74 Å². The van der Waals surface area contributed by atoms with E-state index < -0.39 is 12.1 Å². The molecule has 0 radical (unpaired) electrons. The number of ether oxygens (including phenoxy) is 1. The summed E-state index contributed by atoms with van der Waals surface area (Å²) in [5.41, 5.74) is 4.96. The Hall–Kier alpha value is -1.57. The molecule has 0 amide bonds. The van der Waals surface area contributed by atoms with Crippen molar-refractivity contribution in [2.45, 2.75) is 13.1 Å². The van der Waals surface area contributed by atoms with Gasteiger partial charge < -0.3 is 15.6 Å². The largest absolute Gasteiger partial charge is 0.490 e. The molecule has 8 heteroatoms. The van der Waals surface area contributed by atoms with Crippen LogP contribution in [0, 0.1) is 0 Å². The van der Waals surface area contributed by atoms with Crippen LogP contribution in [0.5, 0.6) is 0 Å². The first kappa shape index (κ1) is 16.8. The molecule has 0 rings (SSSR count). The summed E-state index contributed by atoms with van der Waals surface area (Å²) in [4.78, 5) is 19.2. The zero-order chi connectivity index (χ0) is 13.2. The van der Waals surface area contributed by atoms with Crippen LogP contribution in [0.4, 0.5) is 13.2 Å². The molecule has 16 heavy (non-hydrogen) atoms. The highest BCUT2D eigenvalue weighted by Gasteiger charge is 2.38. The fourth-order valence-corrected chi connectivity index (χ4v) is 0.296. The molecule has 0 aliphatic heterocycles. The van der Waals surface area contributed by atoms with Crippen molar-refractivity contribution < 1.29 is 32.6 Å². The van der Waals surface area contributed by atoms with Crippen molar-refractivity contribution in [3.63, 3.8) is 0 Å². The lowest BCUT2D eigenvalue weighted by Crippen LogP contribution is -2.21. The van der Waals surface area contributed by atoms with Gasteiger partial charge in [-0.1, -0.05) is 12.2 Å². The van der Waals surface area contributed by atoms with Gasteiger partial charge in [-0.15, -0.1) is 0 Å². The molecular formula is C8H12F3NO4. The maximum atomic E-state index is 10.6. The minimum Gasteiger partial charge on any atom is -0.475 e. The third-order valence-corrected chi connectivity index (χ3v) is 0.985. The predicted molar refractivity (Wildman–Crippen MR) is 48.5 cm³/mol. The van der Waals surface area contributed by atoms with Crippen LogP contribution >= 0.6 is 0 Å². The Morgan fingerprint density at radius 3 is 2.12 bits per heavy atom. The molecule has 0 aromatic rings. The van der Waals surface area contributed by atoms with Crippen molar-refractivity contribution in [1.29, 1.82) is 0 Å². The van der Waals surface area contributed by atoms with E-state index in [0.717, 1.165) is 0 Å². The number of rotatable bonds is 3. The number of carboxylic acids is 1. The van der Waals surface area contributed by atoms with Crippen molar-refractivity contribution in [1.82, 2.24) is 0 Å². The normalized spacial score (nSPS) is 10.6. The van der Waals surface area contributed by atoms with Crippen LogP contribution in [0.1, 0.15) is 6.92 Å². The Morgan fingerprint density at radius 2 is 1.88 bits per heavy atom. The van der Waals surface area contributed by atoms with Crippen molar-refractivity contribution in [2.24, 2.45) is 5.73 Å². The lowest BCUT2D eigenvalue weighted by Gasteiger charge is -1.95. The summed E-state index contributed by atoms with van der Waals surface area (Å²) in [5, 5.41) is 7.12. The second-order valence-corrected chi connectivity index (χ2v) is 2.26. The highest BCUT2D eigenvalue weighted by molar-refractivity contribution is 5.73. The van der Waals surface area contributed by atoms with Gasteiger partial charge in [-0.2, -0.15) is 13.2 Å². The van der Waals surface area contributed by atoms with Crippen LogP contribution < -0.4 is 5.73 Å². The van der Waals surface area contributed by atoms with Gasteiger partial charge in [0.05, 0.1) is 6.54 Å². The van der Waals surface area contributed by atoms with E-state index in [1.165, 1.54) is 0 Å². The van der Waals surface area contributed by atoms with E-state index >= 15 is 0 Å². The Labute approximate surface area is 89.7 Å². The molecule has 0 fully saturated rings. The minimum absolute atomic E-state index is 0.0441. The molecule has 0 aromatic heterocycles. The zero-order valence-electron chi connectivity index (χ0n) is 8.45. The second kappa shape index (κ2) is 8.72. The summed E-state index contributed by atoms with van der Waals surface area (Å²) in [6.45, 7) is 2.14. The number of aliphatic carboxylic acids is 1. The average molecular weight is 243 g/mol. The Bertz CT molecular complexity index is 250. The van der Waals surface area contributed by atoms with Gasteiger partial charge in [0.1, 0.15) is 6.61 Å². The van der Waals surface area contributed by atoms with Crippen LogP contribution in [0.3, 0.4) is 0 Å². The molecule has 0 saturated carbocycles. The number of esters is 1. The number of alkyl halides is 3. The Balaban J connectivity index is 0. The third kappa shape index (κ3) is 12.4. The first-order chi connectivity index (χ1) is 7.25. The molecule has 0 bridgehead atoms. The monoisotopic (exact) mass is 243 g/mol. The SMILES string of the molecule is CC=CCOC(=O)CN.O=C(O)C(F)(F)F. The van der Waals surface area contributed by atoms with Gasteiger partial charge in [0.25, 0.3) is 0 Å². The smallest absolute Gasteiger partial charge is 0.475 e. The highest BCUT2D eigenvalue weighted by atomic mass is 19.4. The van der Waals surface area contributed by atoms with Gasteiger partial charge >= 0.3 is 18.1 Å². The van der Waals surface area contributed by atoms with Gasteiger partial charge in [-0.05, 0) is 6.92 Å². The fourth-order valence-electron chi connectivity index (χ4n) is 0.296. The first-order valence-corrected chi connectivity index (χ1v) is 4.02. The van der Waals surface area contributed by atoms with Crippen LogP contribution in [-0.4, -0.2) is 36.4 Å². The number of carboxylic acid groups (broad SMARTS) is 1. The summed E-state index contributed by atoms with van der Waals surface area (Å²) < 4.78 is 36.3. The first-order valence-electron chi connectivity index (χ1n) is 4.02. The molecule has 0 aliphatic rings.